The summed E-state index contributed by atoms with van der Waals surface area (Å²) in [7, 11) is 0. The van der Waals surface area contributed by atoms with Crippen molar-refractivity contribution in [3.05, 3.63) is 52.2 Å². The Morgan fingerprint density at radius 2 is 1.78 bits per heavy atom. The SMILES string of the molecule is Cl.Nc1ccc(CCNC(=O)CCNC(=O)c2ccsc2)cc1. The van der Waals surface area contributed by atoms with Crippen LogP contribution in [0, 0.1) is 0 Å². The highest BCUT2D eigenvalue weighted by atomic mass is 35.5. The van der Waals surface area contributed by atoms with Crippen LogP contribution in [0.25, 0.3) is 0 Å². The van der Waals surface area contributed by atoms with E-state index in [1.54, 1.807) is 11.4 Å². The standard InChI is InChI=1S/C16H19N3O2S.ClH/c17-14-3-1-12(2-4-14)5-8-18-15(20)6-9-19-16(21)13-7-10-22-11-13;/h1-4,7,10-11H,5-6,8-9,17H2,(H,18,20)(H,19,21);1H. The number of hydrogen-bond acceptors (Lipinski definition) is 4. The fourth-order valence-corrected chi connectivity index (χ4v) is 2.54. The fraction of sp³-hybridized carbons (Fsp3) is 0.250. The van der Waals surface area contributed by atoms with Crippen LogP contribution in [-0.2, 0) is 11.2 Å². The lowest BCUT2D eigenvalue weighted by molar-refractivity contribution is -0.120. The van der Waals surface area contributed by atoms with Crippen molar-refractivity contribution in [2.45, 2.75) is 12.8 Å². The van der Waals surface area contributed by atoms with Crippen LogP contribution < -0.4 is 16.4 Å². The van der Waals surface area contributed by atoms with Crippen LogP contribution in [0.2, 0.25) is 0 Å². The molecule has 0 spiro atoms. The number of anilines is 1. The van der Waals surface area contributed by atoms with Crippen molar-refractivity contribution in [3.8, 4) is 0 Å². The quantitative estimate of drug-likeness (QED) is 0.667. The average Bonchev–Trinajstić information content (AvgIpc) is 3.03. The number of benzene rings is 1. The second kappa shape index (κ2) is 9.86. The van der Waals surface area contributed by atoms with Gasteiger partial charge in [0.1, 0.15) is 0 Å². The number of rotatable bonds is 7. The number of carbonyl (C=O) groups is 2. The number of carbonyl (C=O) groups excluding carboxylic acids is 2. The van der Waals surface area contributed by atoms with Gasteiger partial charge >= 0.3 is 0 Å². The van der Waals surface area contributed by atoms with E-state index in [1.807, 2.05) is 29.6 Å². The van der Waals surface area contributed by atoms with Crippen molar-refractivity contribution < 1.29 is 9.59 Å². The van der Waals surface area contributed by atoms with E-state index in [-0.39, 0.29) is 30.6 Å². The van der Waals surface area contributed by atoms with Crippen LogP contribution in [0.15, 0.2) is 41.1 Å². The monoisotopic (exact) mass is 353 g/mol. The first-order chi connectivity index (χ1) is 10.6. The maximum absolute atomic E-state index is 11.7. The van der Waals surface area contributed by atoms with Gasteiger partial charge in [0.05, 0.1) is 0 Å². The van der Waals surface area contributed by atoms with E-state index in [0.29, 0.717) is 18.7 Å². The van der Waals surface area contributed by atoms with Crippen molar-refractivity contribution >= 4 is 41.2 Å². The van der Waals surface area contributed by atoms with Gasteiger partial charge in [-0.15, -0.1) is 12.4 Å². The number of hydrogen-bond donors (Lipinski definition) is 3. The molecule has 2 amide bonds. The Morgan fingerprint density at radius 3 is 2.43 bits per heavy atom. The van der Waals surface area contributed by atoms with Crippen molar-refractivity contribution in [1.29, 1.82) is 0 Å². The molecule has 0 atom stereocenters. The van der Waals surface area contributed by atoms with Gasteiger partial charge in [-0.25, -0.2) is 0 Å². The molecule has 5 nitrogen and oxygen atoms in total. The van der Waals surface area contributed by atoms with Gasteiger partial charge in [0.25, 0.3) is 5.91 Å². The van der Waals surface area contributed by atoms with Crippen LogP contribution in [0.4, 0.5) is 5.69 Å². The minimum Gasteiger partial charge on any atom is -0.399 e. The third-order valence-electron chi connectivity index (χ3n) is 3.14. The Labute approximate surface area is 145 Å². The molecule has 4 N–H and O–H groups in total. The molecule has 0 saturated heterocycles. The number of amides is 2. The van der Waals surface area contributed by atoms with Crippen LogP contribution >= 0.6 is 23.7 Å². The lowest BCUT2D eigenvalue weighted by atomic mass is 10.1. The summed E-state index contributed by atoms with van der Waals surface area (Å²) < 4.78 is 0. The van der Waals surface area contributed by atoms with Gasteiger partial charge in [-0.3, -0.25) is 9.59 Å². The summed E-state index contributed by atoms with van der Waals surface area (Å²) in [5.74, 6) is -0.211. The van der Waals surface area contributed by atoms with Crippen LogP contribution in [0.5, 0.6) is 0 Å². The summed E-state index contributed by atoms with van der Waals surface area (Å²) in [4.78, 5) is 23.3. The highest BCUT2D eigenvalue weighted by Gasteiger charge is 2.06. The van der Waals surface area contributed by atoms with Crippen LogP contribution in [0.3, 0.4) is 0 Å². The Hall–Kier alpha value is -2.05. The molecule has 0 aliphatic carbocycles. The smallest absolute Gasteiger partial charge is 0.252 e. The molecule has 7 heteroatoms. The number of nitrogen functional groups attached to an aromatic ring is 1. The largest absolute Gasteiger partial charge is 0.399 e. The van der Waals surface area contributed by atoms with E-state index in [0.717, 1.165) is 17.7 Å². The molecule has 1 aromatic heterocycles. The molecule has 0 unspecified atom stereocenters. The van der Waals surface area contributed by atoms with E-state index in [9.17, 15) is 9.59 Å². The van der Waals surface area contributed by atoms with Gasteiger partial charge in [0.15, 0.2) is 0 Å². The zero-order chi connectivity index (χ0) is 15.8. The normalized spacial score (nSPS) is 9.74. The predicted molar refractivity (Wildman–Crippen MR) is 96.1 cm³/mol. The van der Waals surface area contributed by atoms with Gasteiger partial charge in [-0.05, 0) is 35.6 Å². The van der Waals surface area contributed by atoms with Crippen LogP contribution in [-0.4, -0.2) is 24.9 Å². The molecule has 0 fully saturated rings. The van der Waals surface area contributed by atoms with Crippen LogP contribution in [0.1, 0.15) is 22.3 Å². The van der Waals surface area contributed by atoms with Gasteiger partial charge in [0, 0.05) is 36.1 Å². The Kier molecular flexibility index (Phi) is 8.15. The molecule has 23 heavy (non-hydrogen) atoms. The zero-order valence-electron chi connectivity index (χ0n) is 12.6. The molecule has 0 saturated carbocycles. The first-order valence-corrected chi connectivity index (χ1v) is 8.01. The van der Waals surface area contributed by atoms with Gasteiger partial charge in [0.2, 0.25) is 5.91 Å². The summed E-state index contributed by atoms with van der Waals surface area (Å²) in [5.41, 5.74) is 8.10. The van der Waals surface area contributed by atoms with Crippen molar-refractivity contribution in [1.82, 2.24) is 10.6 Å². The molecule has 0 aliphatic rings. The molecule has 1 heterocycles. The summed E-state index contributed by atoms with van der Waals surface area (Å²) in [6.07, 6.45) is 1.03. The van der Waals surface area contributed by atoms with E-state index >= 15 is 0 Å². The Bertz CT molecular complexity index is 615. The van der Waals surface area contributed by atoms with E-state index in [2.05, 4.69) is 10.6 Å². The summed E-state index contributed by atoms with van der Waals surface area (Å²) >= 11 is 1.47. The maximum Gasteiger partial charge on any atom is 0.252 e. The molecular weight excluding hydrogens is 334 g/mol. The lowest BCUT2D eigenvalue weighted by Crippen LogP contribution is -2.31. The number of thiophene rings is 1. The first-order valence-electron chi connectivity index (χ1n) is 7.06. The number of nitrogens with two attached hydrogens (primary N) is 1. The second-order valence-electron chi connectivity index (χ2n) is 4.86. The molecule has 0 radical (unpaired) electrons. The molecular formula is C16H20ClN3O2S. The Morgan fingerprint density at radius 1 is 1.04 bits per heavy atom. The minimum absolute atomic E-state index is 0. The second-order valence-corrected chi connectivity index (χ2v) is 5.64. The molecule has 124 valence electrons. The van der Waals surface area contributed by atoms with E-state index < -0.39 is 0 Å². The summed E-state index contributed by atoms with van der Waals surface area (Å²) in [6, 6.07) is 9.34. The third kappa shape index (κ3) is 6.71. The third-order valence-corrected chi connectivity index (χ3v) is 3.82. The first kappa shape index (κ1) is 19.0. The number of nitrogens with one attached hydrogen (secondary N) is 2. The minimum atomic E-state index is -0.143. The molecule has 2 rings (SSSR count). The molecule has 0 bridgehead atoms. The summed E-state index contributed by atoms with van der Waals surface area (Å²) in [5, 5.41) is 9.18. The van der Waals surface area contributed by atoms with Crippen molar-refractivity contribution in [2.75, 3.05) is 18.8 Å². The van der Waals surface area contributed by atoms with Gasteiger partial charge in [-0.2, -0.15) is 11.3 Å². The fourth-order valence-electron chi connectivity index (χ4n) is 1.90. The Balaban J connectivity index is 0.00000264. The van der Waals surface area contributed by atoms with Crippen molar-refractivity contribution in [3.63, 3.8) is 0 Å². The van der Waals surface area contributed by atoms with Crippen molar-refractivity contribution in [2.24, 2.45) is 0 Å². The molecule has 0 aliphatic heterocycles. The maximum atomic E-state index is 11.7. The average molecular weight is 354 g/mol. The number of halogens is 1. The molecule has 2 aromatic rings. The lowest BCUT2D eigenvalue weighted by Gasteiger charge is -2.06. The predicted octanol–water partition coefficient (Wildman–Crippen LogP) is 2.23. The van der Waals surface area contributed by atoms with Gasteiger partial charge < -0.3 is 16.4 Å². The zero-order valence-corrected chi connectivity index (χ0v) is 14.2. The van der Waals surface area contributed by atoms with E-state index in [4.69, 9.17) is 5.73 Å². The topological polar surface area (TPSA) is 84.2 Å². The van der Waals surface area contributed by atoms with E-state index in [1.165, 1.54) is 11.3 Å². The van der Waals surface area contributed by atoms with Gasteiger partial charge in [-0.1, -0.05) is 12.1 Å². The molecule has 1 aromatic carbocycles. The highest BCUT2D eigenvalue weighted by Crippen LogP contribution is 2.06. The highest BCUT2D eigenvalue weighted by molar-refractivity contribution is 7.08. The summed E-state index contributed by atoms with van der Waals surface area (Å²) in [6.45, 7) is 0.906.